The van der Waals surface area contributed by atoms with E-state index in [2.05, 4.69) is 17.0 Å². The number of nitrogens with one attached hydrogen (secondary N) is 2. The second kappa shape index (κ2) is 5.88. The van der Waals surface area contributed by atoms with Gasteiger partial charge in [0.25, 0.3) is 0 Å². The fourth-order valence-corrected chi connectivity index (χ4v) is 3.90. The van der Waals surface area contributed by atoms with Gasteiger partial charge in [-0.25, -0.2) is 13.1 Å². The third-order valence-electron chi connectivity index (χ3n) is 4.52. The first-order valence-corrected chi connectivity index (χ1v) is 8.91. The van der Waals surface area contributed by atoms with Gasteiger partial charge in [0.1, 0.15) is 0 Å². The van der Waals surface area contributed by atoms with Crippen molar-refractivity contribution in [2.45, 2.75) is 57.9 Å². The zero-order valence-corrected chi connectivity index (χ0v) is 12.2. The molecule has 2 fully saturated rings. The predicted octanol–water partition coefficient (Wildman–Crippen LogP) is 1.63. The van der Waals surface area contributed by atoms with Crippen LogP contribution in [0.15, 0.2) is 0 Å². The molecule has 0 aromatic heterocycles. The Morgan fingerprint density at radius 3 is 2.67 bits per heavy atom. The van der Waals surface area contributed by atoms with Crippen LogP contribution in [-0.2, 0) is 10.0 Å². The second-order valence-corrected chi connectivity index (χ2v) is 7.86. The Hall–Kier alpha value is -0.130. The highest BCUT2D eigenvalue weighted by molar-refractivity contribution is 7.89. The number of piperidine rings is 1. The SMILES string of the molecule is CCC1(CNS(=O)(=O)CCC2CCCCN2)CC1. The smallest absolute Gasteiger partial charge is 0.211 e. The lowest BCUT2D eigenvalue weighted by Crippen LogP contribution is -2.38. The van der Waals surface area contributed by atoms with Crippen LogP contribution in [0.4, 0.5) is 0 Å². The molecule has 0 aromatic carbocycles. The Bertz CT molecular complexity index is 357. The Morgan fingerprint density at radius 2 is 2.11 bits per heavy atom. The molecule has 0 spiro atoms. The van der Waals surface area contributed by atoms with Gasteiger partial charge in [-0.3, -0.25) is 0 Å². The van der Waals surface area contributed by atoms with E-state index >= 15 is 0 Å². The molecule has 1 heterocycles. The summed E-state index contributed by atoms with van der Waals surface area (Å²) in [6.07, 6.45) is 7.75. The zero-order valence-electron chi connectivity index (χ0n) is 11.4. The topological polar surface area (TPSA) is 58.2 Å². The van der Waals surface area contributed by atoms with Gasteiger partial charge in [0.15, 0.2) is 0 Å². The Morgan fingerprint density at radius 1 is 1.33 bits per heavy atom. The molecule has 1 atom stereocenters. The van der Waals surface area contributed by atoms with Gasteiger partial charge in [0.2, 0.25) is 10.0 Å². The molecule has 1 saturated heterocycles. The third-order valence-corrected chi connectivity index (χ3v) is 5.88. The summed E-state index contributed by atoms with van der Waals surface area (Å²) >= 11 is 0. The van der Waals surface area contributed by atoms with Crippen LogP contribution < -0.4 is 10.0 Å². The van der Waals surface area contributed by atoms with E-state index in [0.717, 1.165) is 25.8 Å². The van der Waals surface area contributed by atoms with E-state index < -0.39 is 10.0 Å². The second-order valence-electron chi connectivity index (χ2n) is 5.93. The summed E-state index contributed by atoms with van der Waals surface area (Å²) in [6.45, 7) is 3.83. The maximum atomic E-state index is 11.9. The van der Waals surface area contributed by atoms with Gasteiger partial charge < -0.3 is 5.32 Å². The quantitative estimate of drug-likeness (QED) is 0.742. The largest absolute Gasteiger partial charge is 0.314 e. The molecule has 1 aliphatic carbocycles. The van der Waals surface area contributed by atoms with Crippen molar-refractivity contribution in [3.05, 3.63) is 0 Å². The van der Waals surface area contributed by atoms with Crippen LogP contribution in [0.1, 0.15) is 51.9 Å². The zero-order chi connectivity index (χ0) is 13.1. The molecule has 1 saturated carbocycles. The van der Waals surface area contributed by atoms with Crippen molar-refractivity contribution >= 4 is 10.0 Å². The van der Waals surface area contributed by atoms with Gasteiger partial charge in [-0.05, 0) is 50.5 Å². The van der Waals surface area contributed by atoms with Gasteiger partial charge in [0.05, 0.1) is 5.75 Å². The standard InChI is InChI=1S/C13H26N2O2S/c1-2-13(7-8-13)11-15-18(16,17)10-6-12-5-3-4-9-14-12/h12,14-15H,2-11H2,1H3. The fraction of sp³-hybridized carbons (Fsp3) is 1.00. The minimum absolute atomic E-state index is 0.268. The molecule has 0 radical (unpaired) electrons. The van der Waals surface area contributed by atoms with E-state index in [-0.39, 0.29) is 11.2 Å². The summed E-state index contributed by atoms with van der Waals surface area (Å²) in [5.41, 5.74) is 0.288. The Balaban J connectivity index is 1.70. The highest BCUT2D eigenvalue weighted by Crippen LogP contribution is 2.47. The first-order chi connectivity index (χ1) is 8.55. The van der Waals surface area contributed by atoms with E-state index in [1.54, 1.807) is 0 Å². The monoisotopic (exact) mass is 274 g/mol. The molecule has 5 heteroatoms. The molecule has 1 unspecified atom stereocenters. The van der Waals surface area contributed by atoms with Crippen molar-refractivity contribution in [1.82, 2.24) is 10.0 Å². The molecule has 0 aromatic rings. The van der Waals surface area contributed by atoms with Gasteiger partial charge in [0, 0.05) is 12.6 Å². The van der Waals surface area contributed by atoms with E-state index in [0.29, 0.717) is 12.6 Å². The van der Waals surface area contributed by atoms with Crippen molar-refractivity contribution in [3.8, 4) is 0 Å². The minimum Gasteiger partial charge on any atom is -0.314 e. The van der Waals surface area contributed by atoms with Crippen molar-refractivity contribution in [2.24, 2.45) is 5.41 Å². The summed E-state index contributed by atoms with van der Waals surface area (Å²) in [7, 11) is -3.07. The molecule has 2 N–H and O–H groups in total. The first-order valence-electron chi connectivity index (χ1n) is 7.26. The maximum Gasteiger partial charge on any atom is 0.211 e. The van der Waals surface area contributed by atoms with Crippen LogP contribution in [0, 0.1) is 5.41 Å². The number of rotatable bonds is 7. The first kappa shape index (κ1) is 14.3. The maximum absolute atomic E-state index is 11.9. The van der Waals surface area contributed by atoms with Crippen LogP contribution in [0.3, 0.4) is 0 Å². The van der Waals surface area contributed by atoms with E-state index in [9.17, 15) is 8.42 Å². The lowest BCUT2D eigenvalue weighted by atomic mass is 10.0. The van der Waals surface area contributed by atoms with E-state index in [4.69, 9.17) is 0 Å². The molecule has 4 nitrogen and oxygen atoms in total. The summed E-state index contributed by atoms with van der Waals surface area (Å²) in [4.78, 5) is 0. The van der Waals surface area contributed by atoms with Crippen LogP contribution in [-0.4, -0.2) is 33.3 Å². The summed E-state index contributed by atoms with van der Waals surface area (Å²) < 4.78 is 26.6. The number of hydrogen-bond acceptors (Lipinski definition) is 3. The molecule has 2 aliphatic rings. The van der Waals surface area contributed by atoms with Crippen LogP contribution >= 0.6 is 0 Å². The van der Waals surface area contributed by atoms with E-state index in [1.807, 2.05) is 0 Å². The molecule has 0 bridgehead atoms. The molecule has 106 valence electrons. The molecule has 2 rings (SSSR count). The van der Waals surface area contributed by atoms with Gasteiger partial charge in [-0.15, -0.1) is 0 Å². The lowest BCUT2D eigenvalue weighted by Gasteiger charge is -2.23. The normalized spacial score (nSPS) is 27.1. The Labute approximate surface area is 111 Å². The number of sulfonamides is 1. The molecular weight excluding hydrogens is 248 g/mol. The van der Waals surface area contributed by atoms with Gasteiger partial charge in [-0.2, -0.15) is 0 Å². The minimum atomic E-state index is -3.07. The Kier molecular flexibility index (Phi) is 4.67. The van der Waals surface area contributed by atoms with Crippen LogP contribution in [0.2, 0.25) is 0 Å². The number of hydrogen-bond donors (Lipinski definition) is 2. The molecule has 1 aliphatic heterocycles. The summed E-state index contributed by atoms with van der Waals surface area (Å²) in [5.74, 6) is 0.268. The van der Waals surface area contributed by atoms with Gasteiger partial charge in [-0.1, -0.05) is 13.3 Å². The lowest BCUT2D eigenvalue weighted by molar-refractivity contribution is 0.391. The van der Waals surface area contributed by atoms with Crippen molar-refractivity contribution in [2.75, 3.05) is 18.8 Å². The summed E-state index contributed by atoms with van der Waals surface area (Å²) in [5, 5.41) is 3.40. The van der Waals surface area contributed by atoms with Crippen molar-refractivity contribution in [3.63, 3.8) is 0 Å². The molecule has 18 heavy (non-hydrogen) atoms. The van der Waals surface area contributed by atoms with Crippen molar-refractivity contribution < 1.29 is 8.42 Å². The van der Waals surface area contributed by atoms with Crippen molar-refractivity contribution in [1.29, 1.82) is 0 Å². The highest BCUT2D eigenvalue weighted by atomic mass is 32.2. The molecule has 0 amide bonds. The molecular formula is C13H26N2O2S. The van der Waals surface area contributed by atoms with Crippen LogP contribution in [0.25, 0.3) is 0 Å². The average Bonchev–Trinajstić information content (AvgIpc) is 3.17. The average molecular weight is 274 g/mol. The van der Waals surface area contributed by atoms with E-state index in [1.165, 1.54) is 25.7 Å². The van der Waals surface area contributed by atoms with Crippen LogP contribution in [0.5, 0.6) is 0 Å². The highest BCUT2D eigenvalue weighted by Gasteiger charge is 2.41. The van der Waals surface area contributed by atoms with Gasteiger partial charge >= 0.3 is 0 Å². The predicted molar refractivity (Wildman–Crippen MR) is 74.0 cm³/mol. The third kappa shape index (κ3) is 4.21. The fourth-order valence-electron chi connectivity index (χ4n) is 2.64. The summed E-state index contributed by atoms with van der Waals surface area (Å²) in [6, 6.07) is 0.399.